The highest BCUT2D eigenvalue weighted by Crippen LogP contribution is 2.20. The number of hydrogen-bond acceptors (Lipinski definition) is 5. The summed E-state index contributed by atoms with van der Waals surface area (Å²) in [5.74, 6) is -1.72. The number of carbonyl (C=O) groups excluding carboxylic acids is 2. The van der Waals surface area contributed by atoms with E-state index in [1.54, 1.807) is 20.8 Å². The molecular weight excluding hydrogens is 280 g/mol. The van der Waals surface area contributed by atoms with Crippen LogP contribution in [-0.2, 0) is 19.1 Å². The maximum Gasteiger partial charge on any atom is 0.331 e. The van der Waals surface area contributed by atoms with E-state index in [4.69, 9.17) is 4.74 Å². The first-order valence-corrected chi connectivity index (χ1v) is 6.64. The maximum atomic E-state index is 12.3. The molecule has 1 rings (SSSR count). The number of ether oxygens (including phenoxy) is 2. The van der Waals surface area contributed by atoms with Gasteiger partial charge in [0.15, 0.2) is 6.04 Å². The minimum Gasteiger partial charge on any atom is -0.480 e. The highest BCUT2D eigenvalue weighted by Gasteiger charge is 2.38. The molecule has 120 valence electrons. The monoisotopic (exact) mass is 302 g/mol. The number of nitrogens with one attached hydrogen (secondary N) is 1. The lowest BCUT2D eigenvalue weighted by molar-refractivity contribution is -0.151. The minimum atomic E-state index is -1.13. The summed E-state index contributed by atoms with van der Waals surface area (Å²) in [6.45, 7) is 5.65. The quantitative estimate of drug-likeness (QED) is 0.715. The van der Waals surface area contributed by atoms with Crippen molar-refractivity contribution < 1.29 is 29.0 Å². The van der Waals surface area contributed by atoms with Crippen LogP contribution in [0.4, 0.5) is 4.79 Å². The molecule has 0 radical (unpaired) electrons. The average Bonchev–Trinajstić information content (AvgIpc) is 2.42. The van der Waals surface area contributed by atoms with Gasteiger partial charge in [0.2, 0.25) is 0 Å². The summed E-state index contributed by atoms with van der Waals surface area (Å²) in [5, 5.41) is 11.7. The minimum absolute atomic E-state index is 0.0351. The van der Waals surface area contributed by atoms with E-state index in [9.17, 15) is 19.5 Å². The Bertz CT molecular complexity index is 417. The predicted molar refractivity (Wildman–Crippen MR) is 72.7 cm³/mol. The number of amides is 2. The van der Waals surface area contributed by atoms with Crippen molar-refractivity contribution in [3.05, 3.63) is 0 Å². The molecule has 0 aromatic heterocycles. The van der Waals surface area contributed by atoms with E-state index in [-0.39, 0.29) is 19.8 Å². The van der Waals surface area contributed by atoms with Crippen LogP contribution in [0.5, 0.6) is 0 Å². The summed E-state index contributed by atoms with van der Waals surface area (Å²) >= 11 is 0. The number of methoxy groups -OCH3 is 1. The molecule has 2 atom stereocenters. The molecule has 0 aliphatic carbocycles. The number of esters is 1. The largest absolute Gasteiger partial charge is 0.480 e. The fourth-order valence-corrected chi connectivity index (χ4v) is 2.03. The van der Waals surface area contributed by atoms with Crippen molar-refractivity contribution in [1.82, 2.24) is 10.2 Å². The molecule has 2 N–H and O–H groups in total. The van der Waals surface area contributed by atoms with Gasteiger partial charge in [0.1, 0.15) is 6.04 Å². The molecule has 21 heavy (non-hydrogen) atoms. The SMILES string of the molecule is COC(=O)C1COCCN1C(=O)NC(C(=O)O)C(C)(C)C. The third kappa shape index (κ3) is 4.32. The lowest BCUT2D eigenvalue weighted by Crippen LogP contribution is -2.60. The number of urea groups is 1. The summed E-state index contributed by atoms with van der Waals surface area (Å²) in [6.07, 6.45) is 0. The van der Waals surface area contributed by atoms with Gasteiger partial charge in [-0.1, -0.05) is 20.8 Å². The van der Waals surface area contributed by atoms with Gasteiger partial charge in [-0.2, -0.15) is 0 Å². The molecule has 0 spiro atoms. The third-order valence-electron chi connectivity index (χ3n) is 3.24. The molecule has 2 unspecified atom stereocenters. The van der Waals surface area contributed by atoms with Crippen molar-refractivity contribution in [1.29, 1.82) is 0 Å². The van der Waals surface area contributed by atoms with Gasteiger partial charge in [0.05, 0.1) is 20.3 Å². The Labute approximate surface area is 123 Å². The van der Waals surface area contributed by atoms with Gasteiger partial charge in [-0.3, -0.25) is 0 Å². The Morgan fingerprint density at radius 3 is 2.48 bits per heavy atom. The Kier molecular flexibility index (Phi) is 5.54. The second-order valence-corrected chi connectivity index (χ2v) is 5.89. The van der Waals surface area contributed by atoms with E-state index in [1.165, 1.54) is 12.0 Å². The molecular formula is C13H22N2O6. The number of nitrogens with zero attached hydrogens (tertiary/aromatic N) is 1. The van der Waals surface area contributed by atoms with Crippen molar-refractivity contribution in [2.75, 3.05) is 26.9 Å². The van der Waals surface area contributed by atoms with Gasteiger partial charge in [0.25, 0.3) is 0 Å². The van der Waals surface area contributed by atoms with Gasteiger partial charge in [-0.25, -0.2) is 14.4 Å². The molecule has 1 aliphatic heterocycles. The van der Waals surface area contributed by atoms with Crippen LogP contribution in [0.2, 0.25) is 0 Å². The van der Waals surface area contributed by atoms with Crippen LogP contribution in [-0.4, -0.2) is 66.9 Å². The first-order chi connectivity index (χ1) is 9.68. The molecule has 0 aromatic carbocycles. The van der Waals surface area contributed by atoms with Crippen LogP contribution in [0.25, 0.3) is 0 Å². The van der Waals surface area contributed by atoms with E-state index >= 15 is 0 Å². The number of carbonyl (C=O) groups is 3. The van der Waals surface area contributed by atoms with Crippen LogP contribution < -0.4 is 5.32 Å². The van der Waals surface area contributed by atoms with Crippen molar-refractivity contribution in [3.8, 4) is 0 Å². The molecule has 0 bridgehead atoms. The summed E-state index contributed by atoms with van der Waals surface area (Å²) in [6, 6.07) is -2.54. The zero-order valence-electron chi connectivity index (χ0n) is 12.7. The second kappa shape index (κ2) is 6.75. The summed E-state index contributed by atoms with van der Waals surface area (Å²) < 4.78 is 9.80. The van der Waals surface area contributed by atoms with Crippen LogP contribution >= 0.6 is 0 Å². The Hall–Kier alpha value is -1.83. The average molecular weight is 302 g/mol. The Morgan fingerprint density at radius 2 is 2.00 bits per heavy atom. The van der Waals surface area contributed by atoms with Gasteiger partial charge in [0, 0.05) is 6.54 Å². The van der Waals surface area contributed by atoms with E-state index in [1.807, 2.05) is 0 Å². The fraction of sp³-hybridized carbons (Fsp3) is 0.769. The Balaban J connectivity index is 2.84. The molecule has 1 heterocycles. The molecule has 1 saturated heterocycles. The molecule has 1 fully saturated rings. The smallest absolute Gasteiger partial charge is 0.331 e. The molecule has 0 saturated carbocycles. The number of carboxylic acid groups (broad SMARTS) is 1. The highest BCUT2D eigenvalue weighted by atomic mass is 16.5. The van der Waals surface area contributed by atoms with Crippen molar-refractivity contribution in [2.45, 2.75) is 32.9 Å². The molecule has 2 amide bonds. The van der Waals surface area contributed by atoms with Gasteiger partial charge in [-0.05, 0) is 5.41 Å². The number of aliphatic carboxylic acids is 1. The molecule has 8 heteroatoms. The van der Waals surface area contributed by atoms with Gasteiger partial charge in [-0.15, -0.1) is 0 Å². The number of rotatable bonds is 3. The summed E-state index contributed by atoms with van der Waals surface area (Å²) in [5.41, 5.74) is -0.658. The predicted octanol–water partition coefficient (Wildman–Crippen LogP) is 0.0691. The third-order valence-corrected chi connectivity index (χ3v) is 3.24. The van der Waals surface area contributed by atoms with Crippen molar-refractivity contribution in [2.24, 2.45) is 5.41 Å². The maximum absolute atomic E-state index is 12.3. The van der Waals surface area contributed by atoms with Crippen LogP contribution in [0.1, 0.15) is 20.8 Å². The molecule has 8 nitrogen and oxygen atoms in total. The van der Waals surface area contributed by atoms with Crippen LogP contribution in [0.15, 0.2) is 0 Å². The van der Waals surface area contributed by atoms with E-state index < -0.39 is 35.5 Å². The fourth-order valence-electron chi connectivity index (χ4n) is 2.03. The summed E-state index contributed by atoms with van der Waals surface area (Å²) in [4.78, 5) is 36.5. The molecule has 1 aliphatic rings. The van der Waals surface area contributed by atoms with E-state index in [2.05, 4.69) is 10.1 Å². The lowest BCUT2D eigenvalue weighted by atomic mass is 9.87. The number of hydrogen-bond donors (Lipinski definition) is 2. The summed E-state index contributed by atoms with van der Waals surface area (Å²) in [7, 11) is 1.22. The second-order valence-electron chi connectivity index (χ2n) is 5.89. The number of carboxylic acids is 1. The van der Waals surface area contributed by atoms with E-state index in [0.717, 1.165) is 0 Å². The van der Waals surface area contributed by atoms with Crippen molar-refractivity contribution in [3.63, 3.8) is 0 Å². The molecule has 0 aromatic rings. The van der Waals surface area contributed by atoms with E-state index in [0.29, 0.717) is 0 Å². The van der Waals surface area contributed by atoms with Gasteiger partial charge < -0.3 is 24.8 Å². The van der Waals surface area contributed by atoms with Crippen LogP contribution in [0, 0.1) is 5.41 Å². The normalized spacial score (nSPS) is 20.6. The number of morpholine rings is 1. The highest BCUT2D eigenvalue weighted by molar-refractivity contribution is 5.87. The van der Waals surface area contributed by atoms with Crippen molar-refractivity contribution >= 4 is 18.0 Å². The standard InChI is InChI=1S/C13H22N2O6/c1-13(2,3)9(10(16)17)14-12(19)15-5-6-21-7-8(15)11(18)20-4/h8-9H,5-7H2,1-4H3,(H,14,19)(H,16,17). The first-order valence-electron chi connectivity index (χ1n) is 6.64. The van der Waals surface area contributed by atoms with Gasteiger partial charge >= 0.3 is 18.0 Å². The zero-order chi connectivity index (χ0) is 16.2. The first kappa shape index (κ1) is 17.2. The lowest BCUT2D eigenvalue weighted by Gasteiger charge is -2.36. The zero-order valence-corrected chi connectivity index (χ0v) is 12.7. The topological polar surface area (TPSA) is 105 Å². The van der Waals surface area contributed by atoms with Crippen LogP contribution in [0.3, 0.4) is 0 Å². The Morgan fingerprint density at radius 1 is 1.38 bits per heavy atom.